The molecule has 0 aliphatic rings. The standard InChI is InChI=1S/C22H24N2O4S2/c1-16(18-14-17-8-6-7-11-20(17)23-15-18)28-22(25)21(12-13-29-2)24-30(26,27)19-9-4-3-5-10-19/h3-11,14-16,21,24H,12-13H2,1-2H3/t16-,21+/m1/s1. The number of fused-ring (bicyclic) bond motifs is 1. The lowest BCUT2D eigenvalue weighted by Crippen LogP contribution is -2.42. The van der Waals surface area contributed by atoms with Crippen LogP contribution in [-0.2, 0) is 19.6 Å². The number of thioether (sulfide) groups is 1. The number of aromatic nitrogens is 1. The summed E-state index contributed by atoms with van der Waals surface area (Å²) >= 11 is 1.53. The SMILES string of the molecule is CSCC[C@H](NS(=O)(=O)c1ccccc1)C(=O)O[C@H](C)c1cnc2ccccc2c1. The fraction of sp³-hybridized carbons (Fsp3) is 0.273. The van der Waals surface area contributed by atoms with Gasteiger partial charge in [-0.15, -0.1) is 0 Å². The molecule has 0 spiro atoms. The van der Waals surface area contributed by atoms with Crippen LogP contribution in [0.1, 0.15) is 25.0 Å². The zero-order valence-electron chi connectivity index (χ0n) is 16.8. The van der Waals surface area contributed by atoms with Crippen molar-refractivity contribution in [3.63, 3.8) is 0 Å². The molecule has 6 nitrogen and oxygen atoms in total. The lowest BCUT2D eigenvalue weighted by Gasteiger charge is -2.21. The molecule has 0 unspecified atom stereocenters. The molecule has 0 fully saturated rings. The second-order valence-corrected chi connectivity index (χ2v) is 9.51. The molecule has 2 atom stereocenters. The minimum absolute atomic E-state index is 0.110. The summed E-state index contributed by atoms with van der Waals surface area (Å²) in [6, 6.07) is 16.6. The Morgan fingerprint density at radius 1 is 1.13 bits per heavy atom. The summed E-state index contributed by atoms with van der Waals surface area (Å²) in [4.78, 5) is 17.3. The van der Waals surface area contributed by atoms with Crippen LogP contribution in [0, 0.1) is 0 Å². The van der Waals surface area contributed by atoms with Crippen molar-refractivity contribution in [2.45, 2.75) is 30.4 Å². The highest BCUT2D eigenvalue weighted by molar-refractivity contribution is 7.98. The Balaban J connectivity index is 1.75. The van der Waals surface area contributed by atoms with Crippen LogP contribution in [0.4, 0.5) is 0 Å². The number of hydrogen-bond donors (Lipinski definition) is 1. The molecule has 2 aromatic carbocycles. The molecule has 0 amide bonds. The highest BCUT2D eigenvalue weighted by Crippen LogP contribution is 2.22. The number of nitrogens with zero attached hydrogens (tertiary/aromatic N) is 1. The molecule has 0 radical (unpaired) electrons. The van der Waals surface area contributed by atoms with E-state index >= 15 is 0 Å². The summed E-state index contributed by atoms with van der Waals surface area (Å²) in [5.74, 6) is 0.00687. The van der Waals surface area contributed by atoms with Gasteiger partial charge in [0.15, 0.2) is 0 Å². The van der Waals surface area contributed by atoms with Crippen LogP contribution >= 0.6 is 11.8 Å². The predicted molar refractivity (Wildman–Crippen MR) is 120 cm³/mol. The minimum Gasteiger partial charge on any atom is -0.457 e. The van der Waals surface area contributed by atoms with Crippen LogP contribution in [0.25, 0.3) is 10.9 Å². The summed E-state index contributed by atoms with van der Waals surface area (Å²) in [5, 5.41) is 0.946. The zero-order valence-corrected chi connectivity index (χ0v) is 18.4. The lowest BCUT2D eigenvalue weighted by atomic mass is 10.1. The third-order valence-corrected chi connectivity index (χ3v) is 6.75. The Morgan fingerprint density at radius 2 is 1.83 bits per heavy atom. The van der Waals surface area contributed by atoms with Gasteiger partial charge in [-0.3, -0.25) is 9.78 Å². The summed E-state index contributed by atoms with van der Waals surface area (Å²) < 4.78 is 33.5. The van der Waals surface area contributed by atoms with Crippen molar-refractivity contribution < 1.29 is 17.9 Å². The molecular weight excluding hydrogens is 420 g/mol. The van der Waals surface area contributed by atoms with E-state index in [1.54, 1.807) is 31.3 Å². The van der Waals surface area contributed by atoms with Crippen LogP contribution in [-0.4, -0.2) is 37.4 Å². The number of pyridine rings is 1. The van der Waals surface area contributed by atoms with Crippen molar-refractivity contribution in [3.8, 4) is 0 Å². The fourth-order valence-electron chi connectivity index (χ4n) is 2.95. The topological polar surface area (TPSA) is 85.4 Å². The maximum Gasteiger partial charge on any atom is 0.324 e. The third-order valence-electron chi connectivity index (χ3n) is 4.62. The Bertz CT molecular complexity index is 1100. The maximum absolute atomic E-state index is 12.8. The van der Waals surface area contributed by atoms with Crippen molar-refractivity contribution >= 4 is 38.7 Å². The molecule has 3 aromatic rings. The molecule has 0 aliphatic heterocycles. The summed E-state index contributed by atoms with van der Waals surface area (Å²) in [6.45, 7) is 1.75. The van der Waals surface area contributed by atoms with Gasteiger partial charge in [0.05, 0.1) is 10.4 Å². The van der Waals surface area contributed by atoms with E-state index in [0.29, 0.717) is 12.2 Å². The van der Waals surface area contributed by atoms with E-state index in [1.165, 1.54) is 23.9 Å². The van der Waals surface area contributed by atoms with Crippen molar-refractivity contribution in [3.05, 3.63) is 72.4 Å². The van der Waals surface area contributed by atoms with Gasteiger partial charge in [-0.25, -0.2) is 8.42 Å². The molecular formula is C22H24N2O4S2. The van der Waals surface area contributed by atoms with E-state index in [9.17, 15) is 13.2 Å². The van der Waals surface area contributed by atoms with Gasteiger partial charge < -0.3 is 4.74 Å². The number of benzene rings is 2. The number of rotatable bonds is 9. The van der Waals surface area contributed by atoms with Gasteiger partial charge in [0.2, 0.25) is 10.0 Å². The second-order valence-electron chi connectivity index (χ2n) is 6.81. The van der Waals surface area contributed by atoms with Crippen molar-refractivity contribution in [1.82, 2.24) is 9.71 Å². The Labute approximate surface area is 181 Å². The average Bonchev–Trinajstić information content (AvgIpc) is 2.76. The zero-order chi connectivity index (χ0) is 21.6. The van der Waals surface area contributed by atoms with Gasteiger partial charge in [-0.05, 0) is 49.6 Å². The first kappa shape index (κ1) is 22.3. The minimum atomic E-state index is -3.84. The highest BCUT2D eigenvalue weighted by Gasteiger charge is 2.28. The number of carbonyl (C=O) groups is 1. The summed E-state index contributed by atoms with van der Waals surface area (Å²) in [7, 11) is -3.84. The monoisotopic (exact) mass is 444 g/mol. The van der Waals surface area contributed by atoms with Gasteiger partial charge in [0.1, 0.15) is 12.1 Å². The van der Waals surface area contributed by atoms with Crippen LogP contribution in [0.2, 0.25) is 0 Å². The predicted octanol–water partition coefficient (Wildman–Crippen LogP) is 3.94. The van der Waals surface area contributed by atoms with Gasteiger partial charge in [-0.2, -0.15) is 16.5 Å². The van der Waals surface area contributed by atoms with E-state index in [1.807, 2.05) is 36.6 Å². The van der Waals surface area contributed by atoms with Crippen LogP contribution in [0.5, 0.6) is 0 Å². The highest BCUT2D eigenvalue weighted by atomic mass is 32.2. The van der Waals surface area contributed by atoms with E-state index in [-0.39, 0.29) is 4.90 Å². The van der Waals surface area contributed by atoms with Crippen molar-refractivity contribution in [2.75, 3.05) is 12.0 Å². The molecule has 30 heavy (non-hydrogen) atoms. The lowest BCUT2D eigenvalue weighted by molar-refractivity contribution is -0.150. The van der Waals surface area contributed by atoms with Gasteiger partial charge in [0.25, 0.3) is 0 Å². The van der Waals surface area contributed by atoms with E-state index in [4.69, 9.17) is 4.74 Å². The Kier molecular flexibility index (Phi) is 7.47. The number of esters is 1. The number of hydrogen-bond acceptors (Lipinski definition) is 6. The molecule has 1 heterocycles. The molecule has 8 heteroatoms. The fourth-order valence-corrected chi connectivity index (χ4v) is 4.66. The molecule has 0 saturated carbocycles. The van der Waals surface area contributed by atoms with E-state index < -0.39 is 28.1 Å². The first-order valence-electron chi connectivity index (χ1n) is 9.52. The third kappa shape index (κ3) is 5.59. The van der Waals surface area contributed by atoms with Gasteiger partial charge in [-0.1, -0.05) is 36.4 Å². The number of ether oxygens (including phenoxy) is 1. The van der Waals surface area contributed by atoms with Crippen LogP contribution in [0.15, 0.2) is 71.8 Å². The maximum atomic E-state index is 12.8. The molecule has 1 N–H and O–H groups in total. The molecule has 0 aliphatic carbocycles. The molecule has 1 aromatic heterocycles. The molecule has 0 bridgehead atoms. The number of carbonyl (C=O) groups excluding carboxylic acids is 1. The molecule has 0 saturated heterocycles. The molecule has 158 valence electrons. The normalized spacial score (nSPS) is 13.7. The van der Waals surface area contributed by atoms with Gasteiger partial charge >= 0.3 is 5.97 Å². The first-order valence-corrected chi connectivity index (χ1v) is 12.4. The van der Waals surface area contributed by atoms with Crippen LogP contribution in [0.3, 0.4) is 0 Å². The second kappa shape index (κ2) is 10.1. The largest absolute Gasteiger partial charge is 0.457 e. The van der Waals surface area contributed by atoms with Gasteiger partial charge in [0, 0.05) is 17.1 Å². The van der Waals surface area contributed by atoms with Crippen molar-refractivity contribution in [1.29, 1.82) is 0 Å². The van der Waals surface area contributed by atoms with Crippen LogP contribution < -0.4 is 4.72 Å². The number of sulfonamides is 1. The molecule has 3 rings (SSSR count). The van der Waals surface area contributed by atoms with Crippen molar-refractivity contribution in [2.24, 2.45) is 0 Å². The average molecular weight is 445 g/mol. The quantitative estimate of drug-likeness (QED) is 0.503. The van der Waals surface area contributed by atoms with E-state index in [0.717, 1.165) is 16.5 Å². The smallest absolute Gasteiger partial charge is 0.324 e. The number of nitrogens with one attached hydrogen (secondary N) is 1. The first-order chi connectivity index (χ1) is 14.4. The summed E-state index contributed by atoms with van der Waals surface area (Å²) in [6.07, 6.45) is 3.34. The van der Waals surface area contributed by atoms with E-state index in [2.05, 4.69) is 9.71 Å². The Hall–Kier alpha value is -2.42. The number of para-hydroxylation sites is 1. The summed E-state index contributed by atoms with van der Waals surface area (Å²) in [5.41, 5.74) is 1.60. The Morgan fingerprint density at radius 3 is 2.57 bits per heavy atom.